The van der Waals surface area contributed by atoms with Gasteiger partial charge in [-0.3, -0.25) is 14.8 Å². The number of thiazole rings is 1. The van der Waals surface area contributed by atoms with E-state index >= 15 is 0 Å². The molecular weight excluding hydrogens is 368 g/mol. The van der Waals surface area contributed by atoms with E-state index in [2.05, 4.69) is 20.3 Å². The van der Waals surface area contributed by atoms with Crippen LogP contribution in [-0.2, 0) is 9.59 Å². The van der Waals surface area contributed by atoms with Gasteiger partial charge < -0.3 is 5.32 Å². The number of nitrogens with one attached hydrogen (secondary N) is 2. The minimum Gasteiger partial charge on any atom is -0.302 e. The van der Waals surface area contributed by atoms with Gasteiger partial charge in [-0.1, -0.05) is 36.2 Å². The van der Waals surface area contributed by atoms with Gasteiger partial charge in [0.15, 0.2) is 5.13 Å². The lowest BCUT2D eigenvalue weighted by atomic mass is 10.1. The molecule has 1 aromatic carbocycles. The number of azide groups is 1. The average molecular weight is 388 g/mol. The Morgan fingerprint density at radius 3 is 2.63 bits per heavy atom. The van der Waals surface area contributed by atoms with Crippen molar-refractivity contribution >= 4 is 34.0 Å². The monoisotopic (exact) mass is 388 g/mol. The third-order valence-electron chi connectivity index (χ3n) is 3.74. The maximum Gasteiger partial charge on any atom is 0.243 e. The fourth-order valence-corrected chi connectivity index (χ4v) is 3.14. The molecule has 0 spiro atoms. The van der Waals surface area contributed by atoms with E-state index in [0.29, 0.717) is 29.4 Å². The zero-order chi connectivity index (χ0) is 19.5. The van der Waals surface area contributed by atoms with Crippen LogP contribution >= 0.6 is 11.3 Å². The Morgan fingerprint density at radius 1 is 1.19 bits per heavy atom. The lowest BCUT2D eigenvalue weighted by molar-refractivity contribution is -0.129. The van der Waals surface area contributed by atoms with E-state index in [-0.39, 0.29) is 12.3 Å². The molecule has 0 atom stereocenters. The molecule has 0 unspecified atom stereocenters. The molecule has 3 N–H and O–H groups in total. The first-order chi connectivity index (χ1) is 13.1. The molecule has 0 aliphatic rings. The van der Waals surface area contributed by atoms with E-state index < -0.39 is 5.91 Å². The lowest BCUT2D eigenvalue weighted by Gasteiger charge is -2.02. The number of amides is 2. The van der Waals surface area contributed by atoms with Gasteiger partial charge in [-0.05, 0) is 24.4 Å². The molecule has 0 fully saturated rings. The zero-order valence-electron chi connectivity index (χ0n) is 14.6. The topological polar surface area (TPSA) is 140 Å². The number of hydroxylamine groups is 1. The second kappa shape index (κ2) is 10.9. The summed E-state index contributed by atoms with van der Waals surface area (Å²) in [5, 5.41) is 17.1. The number of unbranched alkanes of at least 4 members (excludes halogenated alkanes) is 3. The summed E-state index contributed by atoms with van der Waals surface area (Å²) in [5.41, 5.74) is 12.1. The summed E-state index contributed by atoms with van der Waals surface area (Å²) in [6, 6.07) is 7.07. The minimum atomic E-state index is -0.391. The highest BCUT2D eigenvalue weighted by Gasteiger charge is 2.08. The molecule has 0 aliphatic heterocycles. The standard InChI is InChI=1S/C17H20N6O3S/c18-23-21-13-7-5-6-12(10-13)14-11-27-17(19-14)20-15(24)8-3-1-2-4-9-16(25)22-26/h5-7,10-11,26H,1-4,8-9H2,(H,22,25)(H,19,20,24). The maximum absolute atomic E-state index is 12.0. The quantitative estimate of drug-likeness (QED) is 0.137. The molecule has 0 saturated carbocycles. The van der Waals surface area contributed by atoms with Crippen LogP contribution in [0.3, 0.4) is 0 Å². The van der Waals surface area contributed by atoms with E-state index in [1.807, 2.05) is 11.4 Å². The highest BCUT2D eigenvalue weighted by atomic mass is 32.1. The van der Waals surface area contributed by atoms with Crippen molar-refractivity contribution in [1.29, 1.82) is 0 Å². The first-order valence-corrected chi connectivity index (χ1v) is 9.34. The Balaban J connectivity index is 1.76. The molecule has 1 heterocycles. The smallest absolute Gasteiger partial charge is 0.243 e. The number of carbonyl (C=O) groups excluding carboxylic acids is 2. The first kappa shape index (κ1) is 20.4. The predicted molar refractivity (Wildman–Crippen MR) is 103 cm³/mol. The van der Waals surface area contributed by atoms with Crippen molar-refractivity contribution in [2.75, 3.05) is 5.32 Å². The fourth-order valence-electron chi connectivity index (χ4n) is 2.41. The van der Waals surface area contributed by atoms with Crippen LogP contribution in [0, 0.1) is 0 Å². The number of benzene rings is 1. The van der Waals surface area contributed by atoms with Crippen molar-refractivity contribution < 1.29 is 14.8 Å². The molecule has 0 bridgehead atoms. The van der Waals surface area contributed by atoms with Crippen LogP contribution in [0.5, 0.6) is 0 Å². The zero-order valence-corrected chi connectivity index (χ0v) is 15.4. The molecular formula is C17H20N6O3S. The summed E-state index contributed by atoms with van der Waals surface area (Å²) in [5.74, 6) is -0.496. The van der Waals surface area contributed by atoms with Gasteiger partial charge >= 0.3 is 0 Å². The summed E-state index contributed by atoms with van der Waals surface area (Å²) in [6.07, 6.45) is 3.72. The molecule has 0 saturated heterocycles. The van der Waals surface area contributed by atoms with E-state index in [9.17, 15) is 9.59 Å². The minimum absolute atomic E-state index is 0.105. The van der Waals surface area contributed by atoms with Gasteiger partial charge in [0.2, 0.25) is 11.8 Å². The summed E-state index contributed by atoms with van der Waals surface area (Å²) in [7, 11) is 0. The molecule has 0 radical (unpaired) electrons. The first-order valence-electron chi connectivity index (χ1n) is 8.46. The third-order valence-corrected chi connectivity index (χ3v) is 4.49. The molecule has 142 valence electrons. The molecule has 1 aromatic heterocycles. The van der Waals surface area contributed by atoms with Crippen LogP contribution in [0.25, 0.3) is 21.7 Å². The van der Waals surface area contributed by atoms with E-state index in [1.54, 1.807) is 23.7 Å². The highest BCUT2D eigenvalue weighted by Crippen LogP contribution is 2.27. The van der Waals surface area contributed by atoms with Crippen LogP contribution in [0.15, 0.2) is 34.8 Å². The Bertz CT molecular complexity index is 832. The van der Waals surface area contributed by atoms with E-state index in [4.69, 9.17) is 10.7 Å². The largest absolute Gasteiger partial charge is 0.302 e. The number of hydrogen-bond donors (Lipinski definition) is 3. The van der Waals surface area contributed by atoms with E-state index in [1.165, 1.54) is 11.3 Å². The summed E-state index contributed by atoms with van der Waals surface area (Å²) in [6.45, 7) is 0. The van der Waals surface area contributed by atoms with Crippen molar-refractivity contribution in [2.45, 2.75) is 38.5 Å². The Labute approximate surface area is 160 Å². The van der Waals surface area contributed by atoms with Crippen molar-refractivity contribution in [1.82, 2.24) is 10.5 Å². The summed E-state index contributed by atoms with van der Waals surface area (Å²) >= 11 is 1.33. The van der Waals surface area contributed by atoms with Crippen LogP contribution in [0.4, 0.5) is 10.8 Å². The second-order valence-electron chi connectivity index (χ2n) is 5.78. The fraction of sp³-hybridized carbons (Fsp3) is 0.353. The van der Waals surface area contributed by atoms with Crippen LogP contribution in [0.2, 0.25) is 0 Å². The molecule has 9 nitrogen and oxygen atoms in total. The maximum atomic E-state index is 12.0. The van der Waals surface area contributed by atoms with Gasteiger partial charge in [0.05, 0.1) is 5.69 Å². The molecule has 0 aliphatic carbocycles. The molecule has 2 rings (SSSR count). The van der Waals surface area contributed by atoms with Crippen molar-refractivity contribution in [2.24, 2.45) is 5.11 Å². The van der Waals surface area contributed by atoms with Gasteiger partial charge in [-0.25, -0.2) is 10.5 Å². The number of rotatable bonds is 10. The molecule has 10 heteroatoms. The van der Waals surface area contributed by atoms with Gasteiger partial charge in [0, 0.05) is 34.4 Å². The average Bonchev–Trinajstić information content (AvgIpc) is 3.13. The van der Waals surface area contributed by atoms with Crippen molar-refractivity contribution in [3.63, 3.8) is 0 Å². The van der Waals surface area contributed by atoms with Crippen LogP contribution < -0.4 is 10.8 Å². The second-order valence-corrected chi connectivity index (χ2v) is 6.63. The SMILES string of the molecule is [N-]=[N+]=Nc1cccc(-c2csc(NC(=O)CCCCCCC(=O)NO)n2)c1. The van der Waals surface area contributed by atoms with Crippen molar-refractivity contribution in [3.05, 3.63) is 40.1 Å². The molecule has 2 amide bonds. The number of carbonyl (C=O) groups is 2. The van der Waals surface area contributed by atoms with Gasteiger partial charge in [0.1, 0.15) is 0 Å². The van der Waals surface area contributed by atoms with Crippen LogP contribution in [-0.4, -0.2) is 22.0 Å². The summed E-state index contributed by atoms with van der Waals surface area (Å²) < 4.78 is 0. The number of aromatic nitrogens is 1. The summed E-state index contributed by atoms with van der Waals surface area (Å²) in [4.78, 5) is 30.0. The van der Waals surface area contributed by atoms with Crippen LogP contribution in [0.1, 0.15) is 38.5 Å². The lowest BCUT2D eigenvalue weighted by Crippen LogP contribution is -2.17. The van der Waals surface area contributed by atoms with Crippen molar-refractivity contribution in [3.8, 4) is 11.3 Å². The highest BCUT2D eigenvalue weighted by molar-refractivity contribution is 7.14. The van der Waals surface area contributed by atoms with Gasteiger partial charge in [-0.2, -0.15) is 0 Å². The Hall–Kier alpha value is -2.94. The predicted octanol–water partition coefficient (Wildman–Crippen LogP) is 4.54. The Kier molecular flexibility index (Phi) is 8.24. The number of anilines is 1. The van der Waals surface area contributed by atoms with Gasteiger partial charge in [0.25, 0.3) is 0 Å². The number of nitrogens with zero attached hydrogens (tertiary/aromatic N) is 4. The number of hydrogen-bond acceptors (Lipinski definition) is 6. The van der Waals surface area contributed by atoms with Gasteiger partial charge in [-0.15, -0.1) is 11.3 Å². The van der Waals surface area contributed by atoms with E-state index in [0.717, 1.165) is 24.8 Å². The normalized spacial score (nSPS) is 10.1. The molecule has 27 heavy (non-hydrogen) atoms. The molecule has 2 aromatic rings. The Morgan fingerprint density at radius 2 is 1.93 bits per heavy atom. The third kappa shape index (κ3) is 7.06.